The summed E-state index contributed by atoms with van der Waals surface area (Å²) in [6.45, 7) is 10.7. The van der Waals surface area contributed by atoms with Crippen molar-refractivity contribution >= 4 is 23.9 Å². The Labute approximate surface area is 219 Å². The van der Waals surface area contributed by atoms with Crippen LogP contribution in [0.15, 0.2) is 59.1 Å². The molecule has 0 bridgehead atoms. The number of aliphatic hydroxyl groups excluding tert-OH is 1. The molecular weight excluding hydrogens is 480 g/mol. The number of hydrogen-bond acceptors (Lipinski definition) is 9. The number of aliphatic hydroxyl groups is 1. The predicted octanol–water partition coefficient (Wildman–Crippen LogP) is 4.77. The molecule has 37 heavy (non-hydrogen) atoms. The lowest BCUT2D eigenvalue weighted by atomic mass is 10.0. The van der Waals surface area contributed by atoms with Crippen molar-refractivity contribution in [3.05, 3.63) is 59.1 Å². The zero-order chi connectivity index (χ0) is 28.4. The SMILES string of the molecule is CC(=O)O/C=C(/C=C/OC(C)=O)[C@@H](C/C=C(\CO)C[C@@H](/C=C(\C)CCC=C(C)C)OC(C)=O)OC(C)=O. The third kappa shape index (κ3) is 18.5. The van der Waals surface area contributed by atoms with Crippen LogP contribution >= 0.6 is 0 Å². The fourth-order valence-corrected chi connectivity index (χ4v) is 3.12. The summed E-state index contributed by atoms with van der Waals surface area (Å²) in [5.41, 5.74) is 3.06. The molecular formula is C28H40O9. The average Bonchev–Trinajstić information content (AvgIpc) is 2.76. The highest BCUT2D eigenvalue weighted by Gasteiger charge is 2.18. The Kier molecular flexibility index (Phi) is 17.0. The summed E-state index contributed by atoms with van der Waals surface area (Å²) < 4.78 is 20.5. The zero-order valence-electron chi connectivity index (χ0n) is 22.9. The second-order valence-electron chi connectivity index (χ2n) is 8.68. The van der Waals surface area contributed by atoms with Gasteiger partial charge in [0.2, 0.25) is 0 Å². The Morgan fingerprint density at radius 1 is 0.811 bits per heavy atom. The number of esters is 4. The summed E-state index contributed by atoms with van der Waals surface area (Å²) in [5.74, 6) is -2.19. The fraction of sp³-hybridized carbons (Fsp3) is 0.500. The molecule has 0 aliphatic rings. The van der Waals surface area contributed by atoms with Crippen LogP contribution in [0, 0.1) is 0 Å². The number of carbonyl (C=O) groups is 4. The first-order valence-corrected chi connectivity index (χ1v) is 12.0. The Morgan fingerprint density at radius 3 is 1.95 bits per heavy atom. The molecule has 0 fully saturated rings. The van der Waals surface area contributed by atoms with Gasteiger partial charge in [0.25, 0.3) is 0 Å². The van der Waals surface area contributed by atoms with Gasteiger partial charge in [0.1, 0.15) is 18.5 Å². The maximum Gasteiger partial charge on any atom is 0.307 e. The van der Waals surface area contributed by atoms with Crippen molar-refractivity contribution in [3.63, 3.8) is 0 Å². The van der Waals surface area contributed by atoms with E-state index in [4.69, 9.17) is 18.9 Å². The molecule has 0 aromatic heterocycles. The second-order valence-corrected chi connectivity index (χ2v) is 8.68. The molecule has 0 aliphatic heterocycles. The lowest BCUT2D eigenvalue weighted by molar-refractivity contribution is -0.145. The maximum absolute atomic E-state index is 11.7. The molecule has 9 nitrogen and oxygen atoms in total. The number of carbonyl (C=O) groups excluding carboxylic acids is 4. The minimum Gasteiger partial charge on any atom is -0.458 e. The first-order chi connectivity index (χ1) is 17.3. The number of hydrogen-bond donors (Lipinski definition) is 1. The van der Waals surface area contributed by atoms with E-state index in [-0.39, 0.29) is 25.0 Å². The highest BCUT2D eigenvalue weighted by molar-refractivity contribution is 5.68. The van der Waals surface area contributed by atoms with Crippen molar-refractivity contribution in [2.45, 2.75) is 86.4 Å². The van der Waals surface area contributed by atoms with Crippen molar-refractivity contribution in [1.29, 1.82) is 0 Å². The minimum absolute atomic E-state index is 0.100. The quantitative estimate of drug-likeness (QED) is 0.107. The highest BCUT2D eigenvalue weighted by Crippen LogP contribution is 2.20. The van der Waals surface area contributed by atoms with E-state index >= 15 is 0 Å². The van der Waals surface area contributed by atoms with Crippen LogP contribution in [0.5, 0.6) is 0 Å². The topological polar surface area (TPSA) is 125 Å². The molecule has 0 aromatic rings. The van der Waals surface area contributed by atoms with Gasteiger partial charge in [0, 0.05) is 46.1 Å². The van der Waals surface area contributed by atoms with Crippen LogP contribution in [-0.2, 0) is 38.1 Å². The molecule has 0 unspecified atom stereocenters. The van der Waals surface area contributed by atoms with E-state index < -0.39 is 36.1 Å². The third-order valence-corrected chi connectivity index (χ3v) is 4.70. The second kappa shape index (κ2) is 18.8. The van der Waals surface area contributed by atoms with E-state index in [0.717, 1.165) is 30.9 Å². The Hall–Kier alpha value is -3.46. The van der Waals surface area contributed by atoms with E-state index in [1.165, 1.54) is 39.3 Å². The maximum atomic E-state index is 11.7. The van der Waals surface area contributed by atoms with E-state index in [1.807, 2.05) is 26.8 Å². The van der Waals surface area contributed by atoms with Crippen LogP contribution in [0.25, 0.3) is 0 Å². The summed E-state index contributed by atoms with van der Waals surface area (Å²) in [6.07, 6.45) is 9.67. The molecule has 0 amide bonds. The molecule has 0 saturated carbocycles. The zero-order valence-corrected chi connectivity index (χ0v) is 22.9. The van der Waals surface area contributed by atoms with Crippen molar-refractivity contribution in [1.82, 2.24) is 0 Å². The summed E-state index contributed by atoms with van der Waals surface area (Å²) in [5, 5.41) is 9.96. The monoisotopic (exact) mass is 520 g/mol. The summed E-state index contributed by atoms with van der Waals surface area (Å²) >= 11 is 0. The van der Waals surface area contributed by atoms with E-state index in [0.29, 0.717) is 5.57 Å². The smallest absolute Gasteiger partial charge is 0.307 e. The Morgan fingerprint density at radius 2 is 1.43 bits per heavy atom. The van der Waals surface area contributed by atoms with Crippen LogP contribution in [0.3, 0.4) is 0 Å². The summed E-state index contributed by atoms with van der Waals surface area (Å²) in [7, 11) is 0. The van der Waals surface area contributed by atoms with Gasteiger partial charge in [-0.15, -0.1) is 0 Å². The van der Waals surface area contributed by atoms with Gasteiger partial charge in [-0.05, 0) is 51.3 Å². The van der Waals surface area contributed by atoms with Crippen molar-refractivity contribution < 1.29 is 43.2 Å². The number of ether oxygens (including phenoxy) is 4. The molecule has 0 spiro atoms. The van der Waals surface area contributed by atoms with Gasteiger partial charge in [-0.2, -0.15) is 0 Å². The Bertz CT molecular complexity index is 931. The first kappa shape index (κ1) is 33.5. The average molecular weight is 521 g/mol. The molecule has 1 N–H and O–H groups in total. The lowest BCUT2D eigenvalue weighted by Gasteiger charge is -2.19. The fourth-order valence-electron chi connectivity index (χ4n) is 3.12. The van der Waals surface area contributed by atoms with Gasteiger partial charge in [-0.1, -0.05) is 23.3 Å². The number of allylic oxidation sites excluding steroid dienone is 3. The van der Waals surface area contributed by atoms with Gasteiger partial charge in [-0.25, -0.2) is 0 Å². The molecule has 0 radical (unpaired) electrons. The van der Waals surface area contributed by atoms with Crippen LogP contribution in [0.4, 0.5) is 0 Å². The van der Waals surface area contributed by atoms with Gasteiger partial charge in [-0.3, -0.25) is 19.2 Å². The summed E-state index contributed by atoms with van der Waals surface area (Å²) in [6, 6.07) is 0. The van der Waals surface area contributed by atoms with Crippen LogP contribution in [0.1, 0.15) is 74.1 Å². The largest absolute Gasteiger partial charge is 0.458 e. The van der Waals surface area contributed by atoms with Gasteiger partial charge >= 0.3 is 23.9 Å². The normalized spacial score (nSPS) is 14.0. The van der Waals surface area contributed by atoms with Crippen molar-refractivity contribution in [2.24, 2.45) is 0 Å². The van der Waals surface area contributed by atoms with Crippen LogP contribution < -0.4 is 0 Å². The van der Waals surface area contributed by atoms with Gasteiger partial charge in [0.05, 0.1) is 12.9 Å². The molecule has 0 aliphatic carbocycles. The molecule has 0 aromatic carbocycles. The molecule has 206 valence electrons. The highest BCUT2D eigenvalue weighted by atomic mass is 16.6. The first-order valence-electron chi connectivity index (χ1n) is 12.0. The molecule has 2 atom stereocenters. The molecule has 0 heterocycles. The van der Waals surface area contributed by atoms with Crippen LogP contribution in [-0.4, -0.2) is 47.8 Å². The standard InChI is InChI=1S/C28H40O9/c1-19(2)9-8-10-20(3)15-27(36-23(6)32)16-25(17-29)11-12-28(37-24(7)33)26(18-35-22(5)31)13-14-34-21(4)30/h9,11,13-15,18,27-29H,8,10,12,16-17H2,1-7H3/b14-13+,20-15+,25-11-,26-18-/t27-,28-/m1/s1. The van der Waals surface area contributed by atoms with E-state index in [9.17, 15) is 24.3 Å². The number of rotatable bonds is 15. The lowest BCUT2D eigenvalue weighted by Crippen LogP contribution is -2.19. The van der Waals surface area contributed by atoms with Crippen molar-refractivity contribution in [3.8, 4) is 0 Å². The van der Waals surface area contributed by atoms with E-state index in [1.54, 1.807) is 6.08 Å². The van der Waals surface area contributed by atoms with Crippen molar-refractivity contribution in [2.75, 3.05) is 6.61 Å². The molecule has 0 rings (SSSR count). The van der Waals surface area contributed by atoms with Crippen LogP contribution in [0.2, 0.25) is 0 Å². The molecule has 0 saturated heterocycles. The van der Waals surface area contributed by atoms with Gasteiger partial charge in [0.15, 0.2) is 0 Å². The third-order valence-electron chi connectivity index (χ3n) is 4.70. The minimum atomic E-state index is -0.918. The Balaban J connectivity index is 5.88. The van der Waals surface area contributed by atoms with Gasteiger partial charge < -0.3 is 24.1 Å². The predicted molar refractivity (Wildman–Crippen MR) is 139 cm³/mol. The summed E-state index contributed by atoms with van der Waals surface area (Å²) in [4.78, 5) is 45.8. The van der Waals surface area contributed by atoms with E-state index in [2.05, 4.69) is 6.08 Å². The molecule has 9 heteroatoms.